The number of carbonyl (C=O) groups is 1. The van der Waals surface area contributed by atoms with Crippen LogP contribution in [0.25, 0.3) is 0 Å². The number of aromatic nitrogens is 2. The molecule has 2 aromatic rings. The number of hydrogen-bond acceptors (Lipinski definition) is 7. The smallest absolute Gasteiger partial charge is 0.269 e. The summed E-state index contributed by atoms with van der Waals surface area (Å²) in [4.78, 5) is 11.3. The summed E-state index contributed by atoms with van der Waals surface area (Å²) in [6.45, 7) is 1.97. The van der Waals surface area contributed by atoms with Gasteiger partial charge in [-0.15, -0.1) is 10.2 Å². The third-order valence-corrected chi connectivity index (χ3v) is 5.94. The minimum Gasteiger partial charge on any atom is -0.497 e. The molecule has 0 radical (unpaired) electrons. The van der Waals surface area contributed by atoms with Crippen molar-refractivity contribution >= 4 is 32.4 Å². The Hall–Kier alpha value is -2.04. The number of ether oxygens (including phenoxy) is 1. The molecule has 2 rings (SSSR count). The minimum absolute atomic E-state index is 0.166. The number of sulfonamides is 1. The Morgan fingerprint density at radius 2 is 2.12 bits per heavy atom. The Labute approximate surface area is 150 Å². The zero-order chi connectivity index (χ0) is 18.3. The quantitative estimate of drug-likeness (QED) is 0.504. The lowest BCUT2D eigenvalue weighted by Gasteiger charge is -2.05. The van der Waals surface area contributed by atoms with Gasteiger partial charge in [-0.2, -0.15) is 0 Å². The van der Waals surface area contributed by atoms with E-state index >= 15 is 0 Å². The number of rotatable bonds is 9. The molecule has 0 unspecified atom stereocenters. The number of carbonyl (C=O) groups excluding carboxylic acids is 1. The molecule has 1 aromatic heterocycles. The molecule has 0 fully saturated rings. The van der Waals surface area contributed by atoms with Gasteiger partial charge in [0.25, 0.3) is 10.0 Å². The highest BCUT2D eigenvalue weighted by Crippen LogP contribution is 2.20. The maximum absolute atomic E-state index is 12.2. The van der Waals surface area contributed by atoms with Crippen molar-refractivity contribution in [1.29, 1.82) is 0 Å². The molecular formula is C15H20N4O4S2. The molecule has 0 aliphatic heterocycles. The molecule has 0 saturated carbocycles. The molecule has 0 bridgehead atoms. The number of amides is 1. The lowest BCUT2D eigenvalue weighted by atomic mass is 10.1. The molecule has 0 spiro atoms. The SMILES string of the molecule is CCC(=O)Nc1nnc(S(=O)(=O)NCCCc2cccc(OC)c2)s1. The molecule has 2 N–H and O–H groups in total. The number of methoxy groups -OCH3 is 1. The molecular weight excluding hydrogens is 364 g/mol. The van der Waals surface area contributed by atoms with Crippen LogP contribution in [0.1, 0.15) is 25.3 Å². The van der Waals surface area contributed by atoms with Crippen LogP contribution in [-0.2, 0) is 21.2 Å². The van der Waals surface area contributed by atoms with Crippen molar-refractivity contribution in [1.82, 2.24) is 14.9 Å². The monoisotopic (exact) mass is 384 g/mol. The summed E-state index contributed by atoms with van der Waals surface area (Å²) in [5.41, 5.74) is 1.07. The molecule has 0 saturated heterocycles. The maximum Gasteiger partial charge on any atom is 0.269 e. The second kappa shape index (κ2) is 8.88. The zero-order valence-electron chi connectivity index (χ0n) is 14.0. The van der Waals surface area contributed by atoms with E-state index in [0.717, 1.165) is 22.6 Å². The fourth-order valence-corrected chi connectivity index (χ4v) is 4.00. The predicted molar refractivity (Wildman–Crippen MR) is 95.3 cm³/mol. The van der Waals surface area contributed by atoms with Gasteiger partial charge in [0, 0.05) is 13.0 Å². The van der Waals surface area contributed by atoms with Crippen molar-refractivity contribution in [2.75, 3.05) is 19.0 Å². The topological polar surface area (TPSA) is 110 Å². The summed E-state index contributed by atoms with van der Waals surface area (Å²) in [6, 6.07) is 7.63. The first kappa shape index (κ1) is 19.3. The highest BCUT2D eigenvalue weighted by molar-refractivity contribution is 7.91. The van der Waals surface area contributed by atoms with Gasteiger partial charge < -0.3 is 10.1 Å². The Morgan fingerprint density at radius 3 is 2.84 bits per heavy atom. The molecule has 1 aromatic carbocycles. The normalized spacial score (nSPS) is 11.3. The Morgan fingerprint density at radius 1 is 1.32 bits per heavy atom. The summed E-state index contributed by atoms with van der Waals surface area (Å²) in [7, 11) is -2.13. The first-order valence-electron chi connectivity index (χ1n) is 7.70. The summed E-state index contributed by atoms with van der Waals surface area (Å²) in [5, 5.41) is 9.95. The largest absolute Gasteiger partial charge is 0.497 e. The first-order valence-corrected chi connectivity index (χ1v) is 10.0. The van der Waals surface area contributed by atoms with E-state index in [9.17, 15) is 13.2 Å². The molecule has 1 heterocycles. The van der Waals surface area contributed by atoms with Crippen molar-refractivity contribution in [2.45, 2.75) is 30.5 Å². The van der Waals surface area contributed by atoms with Gasteiger partial charge >= 0.3 is 0 Å². The van der Waals surface area contributed by atoms with Gasteiger partial charge in [0.2, 0.25) is 15.4 Å². The maximum atomic E-state index is 12.2. The second-order valence-electron chi connectivity index (χ2n) is 5.13. The van der Waals surface area contributed by atoms with Gasteiger partial charge in [-0.1, -0.05) is 30.4 Å². The van der Waals surface area contributed by atoms with Gasteiger partial charge in [0.1, 0.15) is 5.75 Å². The minimum atomic E-state index is -3.73. The third-order valence-electron chi connectivity index (χ3n) is 3.27. The van der Waals surface area contributed by atoms with E-state index in [1.807, 2.05) is 24.3 Å². The van der Waals surface area contributed by atoms with Crippen LogP contribution in [0.5, 0.6) is 5.75 Å². The van der Waals surface area contributed by atoms with E-state index in [2.05, 4.69) is 20.2 Å². The lowest BCUT2D eigenvalue weighted by molar-refractivity contribution is -0.115. The average molecular weight is 384 g/mol. The standard InChI is InChI=1S/C15H20N4O4S2/c1-3-13(20)17-14-18-19-15(24-14)25(21,22)16-9-5-7-11-6-4-8-12(10-11)23-2/h4,6,8,10,16H,3,5,7,9H2,1-2H3,(H,17,18,20). The van der Waals surface area contributed by atoms with E-state index in [4.69, 9.17) is 4.74 Å². The van der Waals surface area contributed by atoms with Gasteiger partial charge in [0.15, 0.2) is 0 Å². The van der Waals surface area contributed by atoms with Gasteiger partial charge in [-0.25, -0.2) is 13.1 Å². The Bertz CT molecular complexity index is 820. The summed E-state index contributed by atoms with van der Waals surface area (Å²) >= 11 is 0.822. The van der Waals surface area contributed by atoms with Crippen LogP contribution < -0.4 is 14.8 Å². The number of hydrogen-bond donors (Lipinski definition) is 2. The van der Waals surface area contributed by atoms with Gasteiger partial charge in [-0.05, 0) is 30.5 Å². The molecule has 0 aliphatic rings. The Balaban J connectivity index is 1.85. The van der Waals surface area contributed by atoms with Crippen molar-refractivity contribution in [2.24, 2.45) is 0 Å². The predicted octanol–water partition coefficient (Wildman–Crippen LogP) is 1.81. The lowest BCUT2D eigenvalue weighted by Crippen LogP contribution is -2.25. The van der Waals surface area contributed by atoms with Gasteiger partial charge in [-0.3, -0.25) is 4.79 Å². The van der Waals surface area contributed by atoms with Gasteiger partial charge in [0.05, 0.1) is 7.11 Å². The van der Waals surface area contributed by atoms with Crippen LogP contribution in [0, 0.1) is 0 Å². The average Bonchev–Trinajstić information content (AvgIpc) is 3.08. The van der Waals surface area contributed by atoms with Crippen LogP contribution >= 0.6 is 11.3 Å². The van der Waals surface area contributed by atoms with Crippen molar-refractivity contribution in [3.05, 3.63) is 29.8 Å². The van der Waals surface area contributed by atoms with E-state index in [0.29, 0.717) is 12.8 Å². The number of benzene rings is 1. The molecule has 25 heavy (non-hydrogen) atoms. The highest BCUT2D eigenvalue weighted by atomic mass is 32.2. The molecule has 0 atom stereocenters. The highest BCUT2D eigenvalue weighted by Gasteiger charge is 2.20. The van der Waals surface area contributed by atoms with Crippen LogP contribution in [0.15, 0.2) is 28.6 Å². The van der Waals surface area contributed by atoms with Crippen LogP contribution in [-0.4, -0.2) is 38.2 Å². The number of aryl methyl sites for hydroxylation is 1. The Kier molecular flexibility index (Phi) is 6.85. The first-order chi connectivity index (χ1) is 11.9. The third kappa shape index (κ3) is 5.76. The molecule has 1 amide bonds. The summed E-state index contributed by atoms with van der Waals surface area (Å²) in [6.07, 6.45) is 1.63. The van der Waals surface area contributed by atoms with Crippen LogP contribution in [0.2, 0.25) is 0 Å². The summed E-state index contributed by atoms with van der Waals surface area (Å²) < 4.78 is 31.8. The zero-order valence-corrected chi connectivity index (χ0v) is 15.6. The van der Waals surface area contributed by atoms with E-state index in [1.165, 1.54) is 0 Å². The fourth-order valence-electron chi connectivity index (χ4n) is 1.97. The fraction of sp³-hybridized carbons (Fsp3) is 0.400. The second-order valence-corrected chi connectivity index (χ2v) is 8.05. The van der Waals surface area contributed by atoms with E-state index in [1.54, 1.807) is 14.0 Å². The van der Waals surface area contributed by atoms with Crippen molar-refractivity contribution in [3.8, 4) is 5.75 Å². The number of anilines is 1. The molecule has 8 nitrogen and oxygen atoms in total. The number of nitrogens with zero attached hydrogens (tertiary/aromatic N) is 2. The number of nitrogens with one attached hydrogen (secondary N) is 2. The summed E-state index contributed by atoms with van der Waals surface area (Å²) in [5.74, 6) is 0.528. The van der Waals surface area contributed by atoms with Crippen molar-refractivity contribution < 1.29 is 17.9 Å². The molecule has 136 valence electrons. The van der Waals surface area contributed by atoms with Crippen LogP contribution in [0.4, 0.5) is 5.13 Å². The molecule has 10 heteroatoms. The van der Waals surface area contributed by atoms with Crippen molar-refractivity contribution in [3.63, 3.8) is 0 Å². The molecule has 0 aliphatic carbocycles. The van der Waals surface area contributed by atoms with E-state index in [-0.39, 0.29) is 28.3 Å². The van der Waals surface area contributed by atoms with E-state index < -0.39 is 10.0 Å². The van der Waals surface area contributed by atoms with Crippen LogP contribution in [0.3, 0.4) is 0 Å².